The number of hydrogen-bond donors (Lipinski definition) is 1. The van der Waals surface area contributed by atoms with Crippen LogP contribution in [-0.4, -0.2) is 76.4 Å². The molecule has 9 heteroatoms. The Morgan fingerprint density at radius 1 is 1.15 bits per heavy atom. The molecule has 33 heavy (non-hydrogen) atoms. The molecule has 0 radical (unpaired) electrons. The van der Waals surface area contributed by atoms with Gasteiger partial charge < -0.3 is 14.6 Å². The number of fused-ring (bicyclic) bond motifs is 3. The Hall–Kier alpha value is -2.42. The van der Waals surface area contributed by atoms with Crippen LogP contribution in [0.1, 0.15) is 48.1 Å². The Labute approximate surface area is 199 Å². The molecular formula is C24H32ClN5O3. The zero-order valence-corrected chi connectivity index (χ0v) is 20.1. The molecule has 178 valence electrons. The van der Waals surface area contributed by atoms with Crippen molar-refractivity contribution in [3.63, 3.8) is 0 Å². The van der Waals surface area contributed by atoms with E-state index in [1.165, 1.54) is 0 Å². The van der Waals surface area contributed by atoms with Gasteiger partial charge in [0.1, 0.15) is 0 Å². The van der Waals surface area contributed by atoms with E-state index in [1.807, 2.05) is 28.6 Å². The molecule has 4 heterocycles. The van der Waals surface area contributed by atoms with Crippen molar-refractivity contribution in [2.75, 3.05) is 45.9 Å². The highest BCUT2D eigenvalue weighted by atomic mass is 35.5. The first-order valence-electron chi connectivity index (χ1n) is 11.7. The fourth-order valence-corrected chi connectivity index (χ4v) is 5.09. The van der Waals surface area contributed by atoms with Crippen LogP contribution in [0.2, 0.25) is 0 Å². The van der Waals surface area contributed by atoms with Crippen LogP contribution in [0, 0.1) is 6.92 Å². The van der Waals surface area contributed by atoms with Crippen LogP contribution in [0.15, 0.2) is 23.1 Å². The summed E-state index contributed by atoms with van der Waals surface area (Å²) >= 11 is 0. The van der Waals surface area contributed by atoms with Gasteiger partial charge in [0.15, 0.2) is 0 Å². The van der Waals surface area contributed by atoms with E-state index >= 15 is 0 Å². The van der Waals surface area contributed by atoms with Crippen molar-refractivity contribution in [1.29, 1.82) is 0 Å². The SMILES string of the molecule is CCCN1CCN(C(=O)c2cc3c(cc2C)[nH]c(=O)c2cnn(C4CCOCC4)c23)CC1.Cl. The zero-order valence-electron chi connectivity index (χ0n) is 19.3. The monoisotopic (exact) mass is 473 g/mol. The molecule has 2 aliphatic rings. The molecule has 2 fully saturated rings. The standard InChI is InChI=1S/C24H31N5O3.ClH/c1-3-6-27-7-9-28(10-8-27)24(31)18-14-19-21(13-16(18)2)26-23(30)20-15-25-29(22(19)20)17-4-11-32-12-5-17;/h13-15,17H,3-12H2,1-2H3,(H,26,30);1H. The quantitative estimate of drug-likeness (QED) is 0.629. The fraction of sp³-hybridized carbons (Fsp3) is 0.542. The summed E-state index contributed by atoms with van der Waals surface area (Å²) in [7, 11) is 0. The summed E-state index contributed by atoms with van der Waals surface area (Å²) < 4.78 is 7.49. The van der Waals surface area contributed by atoms with Gasteiger partial charge in [0, 0.05) is 50.3 Å². The number of aromatic nitrogens is 3. The number of benzene rings is 1. The number of H-pyrrole nitrogens is 1. The number of halogens is 1. The summed E-state index contributed by atoms with van der Waals surface area (Å²) in [5.41, 5.74) is 3.01. The molecule has 5 rings (SSSR count). The van der Waals surface area contributed by atoms with E-state index in [4.69, 9.17) is 4.74 Å². The first-order valence-corrected chi connectivity index (χ1v) is 11.7. The van der Waals surface area contributed by atoms with E-state index in [9.17, 15) is 9.59 Å². The largest absolute Gasteiger partial charge is 0.381 e. The number of piperazine rings is 1. The van der Waals surface area contributed by atoms with Crippen molar-refractivity contribution < 1.29 is 9.53 Å². The highest BCUT2D eigenvalue weighted by molar-refractivity contribution is 6.07. The molecule has 0 bridgehead atoms. The molecule has 1 amide bonds. The molecular weight excluding hydrogens is 442 g/mol. The van der Waals surface area contributed by atoms with Crippen LogP contribution in [-0.2, 0) is 4.74 Å². The van der Waals surface area contributed by atoms with Crippen LogP contribution < -0.4 is 5.56 Å². The fourth-order valence-electron chi connectivity index (χ4n) is 5.09. The summed E-state index contributed by atoms with van der Waals surface area (Å²) in [5, 5.41) is 6.03. The van der Waals surface area contributed by atoms with E-state index in [1.54, 1.807) is 6.20 Å². The van der Waals surface area contributed by atoms with Gasteiger partial charge >= 0.3 is 0 Å². The summed E-state index contributed by atoms with van der Waals surface area (Å²) in [5.74, 6) is 0.0667. The maximum atomic E-state index is 13.5. The number of ether oxygens (including phenoxy) is 1. The number of nitrogens with one attached hydrogen (secondary N) is 1. The van der Waals surface area contributed by atoms with Crippen LogP contribution in [0.4, 0.5) is 0 Å². The average Bonchev–Trinajstić information content (AvgIpc) is 3.26. The van der Waals surface area contributed by atoms with E-state index in [0.717, 1.165) is 74.0 Å². The average molecular weight is 474 g/mol. The second-order valence-electron chi connectivity index (χ2n) is 9.00. The molecule has 0 unspecified atom stereocenters. The molecule has 0 atom stereocenters. The van der Waals surface area contributed by atoms with E-state index in [-0.39, 0.29) is 29.9 Å². The number of aromatic amines is 1. The number of pyridine rings is 1. The molecule has 1 aromatic carbocycles. The second-order valence-corrected chi connectivity index (χ2v) is 9.00. The molecule has 2 aromatic heterocycles. The van der Waals surface area contributed by atoms with Crippen LogP contribution in [0.5, 0.6) is 0 Å². The molecule has 3 aromatic rings. The minimum absolute atomic E-state index is 0. The lowest BCUT2D eigenvalue weighted by molar-refractivity contribution is 0.0637. The molecule has 0 saturated carbocycles. The second kappa shape index (κ2) is 9.83. The summed E-state index contributed by atoms with van der Waals surface area (Å²) in [4.78, 5) is 33.6. The molecule has 2 saturated heterocycles. The van der Waals surface area contributed by atoms with Gasteiger partial charge in [-0.1, -0.05) is 6.92 Å². The van der Waals surface area contributed by atoms with Gasteiger partial charge in [-0.3, -0.25) is 19.2 Å². The third kappa shape index (κ3) is 4.39. The van der Waals surface area contributed by atoms with E-state index in [2.05, 4.69) is 21.9 Å². The van der Waals surface area contributed by atoms with Gasteiger partial charge in [0.25, 0.3) is 11.5 Å². The highest BCUT2D eigenvalue weighted by Gasteiger charge is 2.25. The first kappa shape index (κ1) is 23.7. The maximum Gasteiger partial charge on any atom is 0.259 e. The van der Waals surface area contributed by atoms with E-state index < -0.39 is 0 Å². The van der Waals surface area contributed by atoms with Crippen LogP contribution >= 0.6 is 12.4 Å². The number of amides is 1. The topological polar surface area (TPSA) is 83.5 Å². The minimum Gasteiger partial charge on any atom is -0.381 e. The van der Waals surface area contributed by atoms with Gasteiger partial charge in [-0.15, -0.1) is 12.4 Å². The number of rotatable bonds is 4. The number of nitrogens with zero attached hydrogens (tertiary/aromatic N) is 4. The lowest BCUT2D eigenvalue weighted by atomic mass is 10.0. The summed E-state index contributed by atoms with van der Waals surface area (Å²) in [6.07, 6.45) is 4.51. The third-order valence-electron chi connectivity index (χ3n) is 6.87. The molecule has 0 aliphatic carbocycles. The Morgan fingerprint density at radius 2 is 1.88 bits per heavy atom. The Balaban J connectivity index is 0.00000259. The van der Waals surface area contributed by atoms with Crippen molar-refractivity contribution in [3.8, 4) is 0 Å². The molecule has 2 aliphatic heterocycles. The number of carbonyl (C=O) groups is 1. The van der Waals surface area contributed by atoms with Gasteiger partial charge in [-0.2, -0.15) is 5.10 Å². The lowest BCUT2D eigenvalue weighted by Gasteiger charge is -2.34. The minimum atomic E-state index is -0.142. The smallest absolute Gasteiger partial charge is 0.259 e. The van der Waals surface area contributed by atoms with Crippen molar-refractivity contribution >= 4 is 40.1 Å². The van der Waals surface area contributed by atoms with Crippen molar-refractivity contribution in [3.05, 3.63) is 39.8 Å². The highest BCUT2D eigenvalue weighted by Crippen LogP contribution is 2.30. The van der Waals surface area contributed by atoms with Gasteiger partial charge in [-0.25, -0.2) is 0 Å². The third-order valence-corrected chi connectivity index (χ3v) is 6.87. The van der Waals surface area contributed by atoms with Gasteiger partial charge in [0.2, 0.25) is 0 Å². The van der Waals surface area contributed by atoms with Crippen molar-refractivity contribution in [2.24, 2.45) is 0 Å². The normalized spacial score (nSPS) is 18.1. The van der Waals surface area contributed by atoms with Crippen molar-refractivity contribution in [1.82, 2.24) is 24.6 Å². The Bertz CT molecular complexity index is 1210. The maximum absolute atomic E-state index is 13.5. The Kier molecular flexibility index (Phi) is 7.07. The van der Waals surface area contributed by atoms with Crippen LogP contribution in [0.25, 0.3) is 21.8 Å². The zero-order chi connectivity index (χ0) is 22.2. The molecule has 0 spiro atoms. The first-order chi connectivity index (χ1) is 15.6. The summed E-state index contributed by atoms with van der Waals surface area (Å²) in [6.45, 7) is 9.93. The Morgan fingerprint density at radius 3 is 2.58 bits per heavy atom. The number of carbonyl (C=O) groups excluding carboxylic acids is 1. The van der Waals surface area contributed by atoms with Gasteiger partial charge in [0.05, 0.1) is 28.7 Å². The van der Waals surface area contributed by atoms with E-state index in [0.29, 0.717) is 24.2 Å². The molecule has 8 nitrogen and oxygen atoms in total. The number of aryl methyl sites for hydroxylation is 1. The summed E-state index contributed by atoms with van der Waals surface area (Å²) in [6, 6.07) is 4.08. The van der Waals surface area contributed by atoms with Crippen LogP contribution in [0.3, 0.4) is 0 Å². The predicted octanol–water partition coefficient (Wildman–Crippen LogP) is 3.13. The predicted molar refractivity (Wildman–Crippen MR) is 132 cm³/mol. The number of hydrogen-bond acceptors (Lipinski definition) is 5. The molecule has 1 N–H and O–H groups in total. The van der Waals surface area contributed by atoms with Gasteiger partial charge in [-0.05, 0) is 50.4 Å². The van der Waals surface area contributed by atoms with Crippen molar-refractivity contribution in [2.45, 2.75) is 39.2 Å². The lowest BCUT2D eigenvalue weighted by Crippen LogP contribution is -2.48.